The Labute approximate surface area is 204 Å². The first-order chi connectivity index (χ1) is 15.5. The smallest absolute Gasteiger partial charge is 0.351 e. The molecule has 0 radical (unpaired) electrons. The van der Waals surface area contributed by atoms with Crippen LogP contribution in [0.2, 0.25) is 0 Å². The highest BCUT2D eigenvalue weighted by atomic mass is 32.1. The van der Waals surface area contributed by atoms with Crippen LogP contribution < -0.4 is 11.2 Å². The molecule has 1 atom stereocenters. The average Bonchev–Trinajstić information content (AvgIpc) is 2.77. The average molecular weight is 493 g/mol. The number of rotatable bonds is 25. The first-order valence-electron chi connectivity index (χ1n) is 13.5. The van der Waals surface area contributed by atoms with Crippen molar-refractivity contribution in [2.75, 3.05) is 12.8 Å². The Balaban J connectivity index is 3.85. The summed E-state index contributed by atoms with van der Waals surface area (Å²) in [5.74, 6) is 0. The first-order valence-corrected chi connectivity index (χ1v) is 15.6. The lowest BCUT2D eigenvalue weighted by Crippen LogP contribution is -2.28. The molecule has 5 nitrogen and oxygen atoms in total. The van der Waals surface area contributed by atoms with Gasteiger partial charge in [-0.15, -0.1) is 0 Å². The normalized spacial score (nSPS) is 13.2. The second-order valence-corrected chi connectivity index (χ2v) is 11.6. The molecule has 0 fully saturated rings. The Kier molecular flexibility index (Phi) is 23.9. The van der Waals surface area contributed by atoms with Gasteiger partial charge in [0, 0.05) is 0 Å². The van der Waals surface area contributed by atoms with Crippen molar-refractivity contribution in [3.8, 4) is 0 Å². The maximum atomic E-state index is 13.0. The monoisotopic (exact) mass is 492 g/mol. The van der Waals surface area contributed by atoms with Gasteiger partial charge in [-0.25, -0.2) is 5.48 Å². The Morgan fingerprint density at radius 2 is 1.06 bits per heavy atom. The SMILES string of the molecule is CCCCCCCCCCCCOP(=O)(CCCCCCCCCCCC)ONC(N)=S. The fourth-order valence-corrected chi connectivity index (χ4v) is 5.47. The summed E-state index contributed by atoms with van der Waals surface area (Å²) in [6, 6.07) is 0. The van der Waals surface area contributed by atoms with E-state index in [9.17, 15) is 4.57 Å². The van der Waals surface area contributed by atoms with Gasteiger partial charge in [-0.3, -0.25) is 4.57 Å². The van der Waals surface area contributed by atoms with Gasteiger partial charge in [-0.05, 0) is 25.1 Å². The number of nitrogens with one attached hydrogen (secondary N) is 1. The Hall–Kier alpha value is -0.160. The lowest BCUT2D eigenvalue weighted by Gasteiger charge is -2.18. The molecule has 0 amide bonds. The zero-order valence-electron chi connectivity index (χ0n) is 21.2. The summed E-state index contributed by atoms with van der Waals surface area (Å²) in [4.78, 5) is 0. The number of unbranched alkanes of at least 4 members (excludes halogenated alkanes) is 18. The van der Waals surface area contributed by atoms with E-state index in [1.165, 1.54) is 103 Å². The quantitative estimate of drug-likeness (QED) is 0.0574. The van der Waals surface area contributed by atoms with Gasteiger partial charge in [0.05, 0.1) is 12.8 Å². The van der Waals surface area contributed by atoms with Crippen molar-refractivity contribution in [3.63, 3.8) is 0 Å². The van der Waals surface area contributed by atoms with Crippen molar-refractivity contribution < 1.29 is 13.7 Å². The molecule has 0 aliphatic carbocycles. The molecule has 0 rings (SSSR count). The second-order valence-electron chi connectivity index (χ2n) is 9.09. The van der Waals surface area contributed by atoms with Gasteiger partial charge in [-0.1, -0.05) is 129 Å². The number of thiocarbonyl (C=S) groups is 1. The molecule has 0 spiro atoms. The molecule has 7 heteroatoms. The van der Waals surface area contributed by atoms with Crippen molar-refractivity contribution in [1.82, 2.24) is 5.48 Å². The molecular weight excluding hydrogens is 439 g/mol. The molecule has 0 aromatic rings. The van der Waals surface area contributed by atoms with Gasteiger partial charge in [0.2, 0.25) is 0 Å². The topological polar surface area (TPSA) is 73.6 Å². The minimum Gasteiger partial charge on any atom is -0.375 e. The minimum atomic E-state index is -3.20. The summed E-state index contributed by atoms with van der Waals surface area (Å²) in [5, 5.41) is -0.0177. The lowest BCUT2D eigenvalue weighted by molar-refractivity contribution is 0.173. The summed E-state index contributed by atoms with van der Waals surface area (Å²) in [6.07, 6.45) is 25.3. The van der Waals surface area contributed by atoms with E-state index in [-0.39, 0.29) is 5.11 Å². The van der Waals surface area contributed by atoms with Gasteiger partial charge >= 0.3 is 7.60 Å². The molecule has 0 heterocycles. The Morgan fingerprint density at radius 3 is 1.47 bits per heavy atom. The first kappa shape index (κ1) is 31.8. The summed E-state index contributed by atoms with van der Waals surface area (Å²) in [7, 11) is -3.20. The fourth-order valence-electron chi connectivity index (χ4n) is 3.84. The second kappa shape index (κ2) is 24.0. The predicted molar refractivity (Wildman–Crippen MR) is 143 cm³/mol. The van der Waals surface area contributed by atoms with Crippen molar-refractivity contribution in [2.24, 2.45) is 5.73 Å². The summed E-state index contributed by atoms with van der Waals surface area (Å²) >= 11 is 4.78. The van der Waals surface area contributed by atoms with E-state index < -0.39 is 7.60 Å². The van der Waals surface area contributed by atoms with E-state index in [0.717, 1.165) is 25.7 Å². The van der Waals surface area contributed by atoms with Crippen LogP contribution in [0.15, 0.2) is 0 Å². The van der Waals surface area contributed by atoms with Crippen LogP contribution in [0.25, 0.3) is 0 Å². The fraction of sp³-hybridized carbons (Fsp3) is 0.960. The minimum absolute atomic E-state index is 0.0177. The van der Waals surface area contributed by atoms with Crippen LogP contribution >= 0.6 is 19.8 Å². The predicted octanol–water partition coefficient (Wildman–Crippen LogP) is 8.80. The number of hydrogen-bond acceptors (Lipinski definition) is 4. The van der Waals surface area contributed by atoms with Crippen LogP contribution in [-0.2, 0) is 13.7 Å². The van der Waals surface area contributed by atoms with E-state index in [1.807, 2.05) is 0 Å². The van der Waals surface area contributed by atoms with Crippen LogP contribution in [0, 0.1) is 0 Å². The summed E-state index contributed by atoms with van der Waals surface area (Å²) in [6.45, 7) is 4.97. The van der Waals surface area contributed by atoms with Gasteiger partial charge in [-0.2, -0.15) is 4.62 Å². The molecule has 0 aliphatic heterocycles. The lowest BCUT2D eigenvalue weighted by atomic mass is 10.1. The highest BCUT2D eigenvalue weighted by Gasteiger charge is 2.25. The van der Waals surface area contributed by atoms with E-state index >= 15 is 0 Å². The van der Waals surface area contributed by atoms with Crippen LogP contribution in [0.4, 0.5) is 0 Å². The third kappa shape index (κ3) is 23.0. The third-order valence-corrected chi connectivity index (χ3v) is 7.75. The van der Waals surface area contributed by atoms with Crippen molar-refractivity contribution >= 4 is 24.9 Å². The third-order valence-electron chi connectivity index (χ3n) is 5.86. The van der Waals surface area contributed by atoms with Gasteiger partial charge in [0.15, 0.2) is 5.11 Å². The molecule has 1 unspecified atom stereocenters. The molecule has 0 bridgehead atoms. The molecule has 32 heavy (non-hydrogen) atoms. The standard InChI is InChI=1S/C25H53N2O3PS/c1-3-5-7-9-11-13-15-17-19-21-23-29-31(28,30-27-25(26)32)24-22-20-18-16-14-12-10-8-6-4-2/h3-24H2,1-2H3,(H3,26,27,32). The highest BCUT2D eigenvalue weighted by molar-refractivity contribution is 7.80. The summed E-state index contributed by atoms with van der Waals surface area (Å²) in [5.41, 5.74) is 7.82. The molecule has 0 saturated carbocycles. The van der Waals surface area contributed by atoms with Gasteiger partial charge in [0.25, 0.3) is 0 Å². The molecule has 0 aromatic heterocycles. The van der Waals surface area contributed by atoms with E-state index in [0.29, 0.717) is 12.8 Å². The summed E-state index contributed by atoms with van der Waals surface area (Å²) < 4.78 is 24.0. The van der Waals surface area contributed by atoms with Gasteiger partial charge in [0.1, 0.15) is 0 Å². The van der Waals surface area contributed by atoms with Crippen LogP contribution in [0.1, 0.15) is 142 Å². The maximum absolute atomic E-state index is 13.0. The molecule has 0 aliphatic rings. The van der Waals surface area contributed by atoms with Crippen LogP contribution in [0.5, 0.6) is 0 Å². The van der Waals surface area contributed by atoms with Crippen molar-refractivity contribution in [1.29, 1.82) is 0 Å². The Bertz CT molecular complexity index is 466. The van der Waals surface area contributed by atoms with Crippen LogP contribution in [-0.4, -0.2) is 17.9 Å². The molecule has 0 saturated heterocycles. The number of hydrogen-bond donors (Lipinski definition) is 2. The largest absolute Gasteiger partial charge is 0.375 e. The van der Waals surface area contributed by atoms with Crippen molar-refractivity contribution in [3.05, 3.63) is 0 Å². The van der Waals surface area contributed by atoms with E-state index in [4.69, 9.17) is 27.1 Å². The zero-order valence-corrected chi connectivity index (χ0v) is 22.9. The van der Waals surface area contributed by atoms with Gasteiger partial charge < -0.3 is 10.3 Å². The molecular formula is C25H53N2O3PS. The molecule has 3 N–H and O–H groups in total. The zero-order chi connectivity index (χ0) is 23.8. The highest BCUT2D eigenvalue weighted by Crippen LogP contribution is 2.48. The number of hydroxylamine groups is 1. The Morgan fingerprint density at radius 1 is 0.688 bits per heavy atom. The van der Waals surface area contributed by atoms with Crippen LogP contribution in [0.3, 0.4) is 0 Å². The van der Waals surface area contributed by atoms with E-state index in [2.05, 4.69) is 19.3 Å². The maximum Gasteiger partial charge on any atom is 0.351 e. The van der Waals surface area contributed by atoms with Crippen molar-refractivity contribution in [2.45, 2.75) is 142 Å². The molecule has 0 aromatic carbocycles. The number of nitrogens with two attached hydrogens (primary N) is 1. The molecule has 192 valence electrons. The van der Waals surface area contributed by atoms with E-state index in [1.54, 1.807) is 0 Å².